The van der Waals surface area contributed by atoms with Gasteiger partial charge in [0.05, 0.1) is 18.4 Å². The summed E-state index contributed by atoms with van der Waals surface area (Å²) >= 11 is 0. The molecule has 0 fully saturated rings. The van der Waals surface area contributed by atoms with Gasteiger partial charge in [-0.2, -0.15) is 0 Å². The van der Waals surface area contributed by atoms with Crippen LogP contribution in [0.3, 0.4) is 0 Å². The molecule has 0 saturated carbocycles. The number of aromatic carboxylic acids is 1. The molecule has 2 N–H and O–H groups in total. The Morgan fingerprint density at radius 3 is 2.35 bits per heavy atom. The number of carbonyl (C=O) groups is 1. The molecule has 0 aliphatic heterocycles. The van der Waals surface area contributed by atoms with E-state index in [2.05, 4.69) is 0 Å². The summed E-state index contributed by atoms with van der Waals surface area (Å²) in [5.74, 6) is -1.13. The van der Waals surface area contributed by atoms with E-state index >= 15 is 0 Å². The van der Waals surface area contributed by atoms with Crippen molar-refractivity contribution in [2.24, 2.45) is 0 Å². The van der Waals surface area contributed by atoms with Crippen molar-refractivity contribution in [1.82, 2.24) is 0 Å². The molecule has 0 aliphatic rings. The molecule has 112 valence electrons. The van der Waals surface area contributed by atoms with Gasteiger partial charge in [0.1, 0.15) is 5.75 Å². The molecule has 1 aromatic rings. The summed E-state index contributed by atoms with van der Waals surface area (Å²) < 4.78 is 52.2. The van der Waals surface area contributed by atoms with Crippen LogP contribution in [0.4, 0.5) is 5.69 Å². The number of carboxylic acid groups (broad SMARTS) is 1. The molecular formula is C10H13NO7S2. The van der Waals surface area contributed by atoms with Crippen LogP contribution in [0.5, 0.6) is 5.75 Å². The maximum atomic E-state index is 11.7. The van der Waals surface area contributed by atoms with Crippen molar-refractivity contribution in [2.45, 2.75) is 0 Å². The third-order valence-corrected chi connectivity index (χ3v) is 5.58. The highest BCUT2D eigenvalue weighted by molar-refractivity contribution is 8.08. The lowest BCUT2D eigenvalue weighted by molar-refractivity contribution is 0.0698. The first-order valence-electron chi connectivity index (χ1n) is 5.13. The van der Waals surface area contributed by atoms with Gasteiger partial charge in [0, 0.05) is 12.3 Å². The van der Waals surface area contributed by atoms with Crippen LogP contribution in [-0.4, -0.2) is 46.4 Å². The van der Waals surface area contributed by atoms with Gasteiger partial charge in [0.15, 0.2) is 14.9 Å². The number of anilines is 1. The number of rotatable bonds is 6. The van der Waals surface area contributed by atoms with Crippen molar-refractivity contribution >= 4 is 31.5 Å². The standard InChI is InChI=1S/C10H13NO7S2/c1-18-7-3-4-8(10(12)13)9(5-7)11-20(16,17)6-19(2,14)15/h3-5,11H,6H2,1-2H3,(H,12,13). The zero-order valence-electron chi connectivity index (χ0n) is 10.7. The molecule has 0 bridgehead atoms. The Kier molecular flexibility index (Phi) is 4.61. The lowest BCUT2D eigenvalue weighted by atomic mass is 10.2. The molecule has 0 saturated heterocycles. The molecule has 0 amide bonds. The smallest absolute Gasteiger partial charge is 0.337 e. The Bertz CT molecular complexity index is 722. The number of carboxylic acids is 1. The summed E-state index contributed by atoms with van der Waals surface area (Å²) in [5.41, 5.74) is -0.580. The predicted octanol–water partition coefficient (Wildman–Crippen LogP) is 0.137. The number of nitrogens with one attached hydrogen (secondary N) is 1. The molecule has 0 atom stereocenters. The van der Waals surface area contributed by atoms with Crippen LogP contribution in [0.2, 0.25) is 0 Å². The van der Waals surface area contributed by atoms with Gasteiger partial charge in [0.25, 0.3) is 0 Å². The third kappa shape index (κ3) is 4.70. The number of sulfonamides is 1. The topological polar surface area (TPSA) is 127 Å². The first kappa shape index (κ1) is 16.2. The molecule has 0 aliphatic carbocycles. The first-order chi connectivity index (χ1) is 9.04. The van der Waals surface area contributed by atoms with Gasteiger partial charge in [0.2, 0.25) is 10.0 Å². The van der Waals surface area contributed by atoms with Gasteiger partial charge in [-0.1, -0.05) is 0 Å². The van der Waals surface area contributed by atoms with Crippen LogP contribution >= 0.6 is 0 Å². The number of methoxy groups -OCH3 is 1. The summed E-state index contributed by atoms with van der Waals surface area (Å²) in [4.78, 5) is 11.0. The normalized spacial score (nSPS) is 11.9. The van der Waals surface area contributed by atoms with E-state index in [-0.39, 0.29) is 17.0 Å². The summed E-state index contributed by atoms with van der Waals surface area (Å²) in [5, 5.41) is 7.82. The van der Waals surface area contributed by atoms with Crippen LogP contribution in [0.25, 0.3) is 0 Å². The zero-order chi connectivity index (χ0) is 15.6. The van der Waals surface area contributed by atoms with Gasteiger partial charge < -0.3 is 9.84 Å². The molecule has 1 aromatic carbocycles. The lowest BCUT2D eigenvalue weighted by Crippen LogP contribution is -2.23. The number of hydrogen-bond donors (Lipinski definition) is 2. The number of ether oxygens (including phenoxy) is 1. The quantitative estimate of drug-likeness (QED) is 0.762. The molecule has 1 rings (SSSR count). The summed E-state index contributed by atoms with van der Waals surface area (Å²) in [6.07, 6.45) is 0.760. The molecule has 8 nitrogen and oxygen atoms in total. The van der Waals surface area contributed by atoms with E-state index in [0.717, 1.165) is 18.4 Å². The fraction of sp³-hybridized carbons (Fsp3) is 0.300. The second-order valence-corrected chi connectivity index (χ2v) is 8.21. The van der Waals surface area contributed by atoms with E-state index in [1.165, 1.54) is 13.2 Å². The van der Waals surface area contributed by atoms with Gasteiger partial charge >= 0.3 is 5.97 Å². The summed E-state index contributed by atoms with van der Waals surface area (Å²) in [7, 11) is -6.69. The number of sulfone groups is 1. The van der Waals surface area contributed by atoms with E-state index in [4.69, 9.17) is 9.84 Å². The van der Waals surface area contributed by atoms with E-state index < -0.39 is 30.9 Å². The average Bonchev–Trinajstić information content (AvgIpc) is 2.24. The van der Waals surface area contributed by atoms with E-state index in [0.29, 0.717) is 0 Å². The summed E-state index contributed by atoms with van der Waals surface area (Å²) in [6, 6.07) is 3.65. The average molecular weight is 323 g/mol. The molecule has 0 aromatic heterocycles. The van der Waals surface area contributed by atoms with Crippen LogP contribution in [0, 0.1) is 0 Å². The lowest BCUT2D eigenvalue weighted by Gasteiger charge is -2.11. The molecule has 0 heterocycles. The van der Waals surface area contributed by atoms with Crippen molar-refractivity contribution in [3.8, 4) is 5.75 Å². The molecule has 0 radical (unpaired) electrons. The Hall–Kier alpha value is -1.81. The number of benzene rings is 1. The van der Waals surface area contributed by atoms with Crippen LogP contribution in [0.1, 0.15) is 10.4 Å². The fourth-order valence-electron chi connectivity index (χ4n) is 1.40. The van der Waals surface area contributed by atoms with Crippen molar-refractivity contribution in [1.29, 1.82) is 0 Å². The van der Waals surface area contributed by atoms with Gasteiger partial charge in [-0.25, -0.2) is 21.6 Å². The predicted molar refractivity (Wildman–Crippen MR) is 72.2 cm³/mol. The molecule has 10 heteroatoms. The van der Waals surface area contributed by atoms with Crippen molar-refractivity contribution in [2.75, 3.05) is 23.2 Å². The minimum atomic E-state index is -4.23. The first-order valence-corrected chi connectivity index (χ1v) is 8.85. The maximum Gasteiger partial charge on any atom is 0.337 e. The Labute approximate surface area is 116 Å². The van der Waals surface area contributed by atoms with Crippen molar-refractivity contribution in [3.63, 3.8) is 0 Å². The Morgan fingerprint density at radius 1 is 1.30 bits per heavy atom. The molecule has 0 spiro atoms. The highest BCUT2D eigenvalue weighted by Gasteiger charge is 2.21. The Balaban J connectivity index is 3.22. The largest absolute Gasteiger partial charge is 0.497 e. The van der Waals surface area contributed by atoms with E-state index in [9.17, 15) is 21.6 Å². The van der Waals surface area contributed by atoms with Crippen molar-refractivity contribution in [3.05, 3.63) is 23.8 Å². The van der Waals surface area contributed by atoms with Crippen LogP contribution in [0.15, 0.2) is 18.2 Å². The summed E-state index contributed by atoms with van der Waals surface area (Å²) in [6.45, 7) is 0. The van der Waals surface area contributed by atoms with Crippen LogP contribution < -0.4 is 9.46 Å². The highest BCUT2D eigenvalue weighted by Crippen LogP contribution is 2.23. The second-order valence-electron chi connectivity index (χ2n) is 3.98. The maximum absolute atomic E-state index is 11.7. The second kappa shape index (κ2) is 5.67. The highest BCUT2D eigenvalue weighted by atomic mass is 32.3. The minimum Gasteiger partial charge on any atom is -0.497 e. The third-order valence-electron chi connectivity index (χ3n) is 2.09. The van der Waals surface area contributed by atoms with Gasteiger partial charge in [-0.05, 0) is 12.1 Å². The van der Waals surface area contributed by atoms with Gasteiger partial charge in [-0.15, -0.1) is 0 Å². The SMILES string of the molecule is COc1ccc(C(=O)O)c(NS(=O)(=O)CS(C)(=O)=O)c1. The number of hydrogen-bond acceptors (Lipinski definition) is 6. The molecular weight excluding hydrogens is 310 g/mol. The zero-order valence-corrected chi connectivity index (χ0v) is 12.3. The van der Waals surface area contributed by atoms with Gasteiger partial charge in [-0.3, -0.25) is 4.72 Å². The molecule has 20 heavy (non-hydrogen) atoms. The van der Waals surface area contributed by atoms with Crippen molar-refractivity contribution < 1.29 is 31.5 Å². The Morgan fingerprint density at radius 2 is 1.90 bits per heavy atom. The van der Waals surface area contributed by atoms with E-state index in [1.807, 2.05) is 4.72 Å². The van der Waals surface area contributed by atoms with E-state index in [1.54, 1.807) is 0 Å². The fourth-order valence-corrected chi connectivity index (χ4v) is 4.39. The minimum absolute atomic E-state index is 0.229. The molecule has 0 unspecified atom stereocenters. The van der Waals surface area contributed by atoms with Crippen LogP contribution in [-0.2, 0) is 19.9 Å². The monoisotopic (exact) mass is 323 g/mol.